The predicted molar refractivity (Wildman–Crippen MR) is 125 cm³/mol. The molecule has 162 valence electrons. The molecule has 1 N–H and O–H groups in total. The molecule has 32 heavy (non-hydrogen) atoms. The molecule has 3 aromatic carbocycles. The SMILES string of the molecule is CN1CCC2(CC1)Oc1ccccc1[C@@H]1C=C(c3ccc(Oc4ccccc4)cc3)NN12. The maximum absolute atomic E-state index is 6.68. The second-order valence-electron chi connectivity index (χ2n) is 8.84. The van der Waals surface area contributed by atoms with Gasteiger partial charge in [0.1, 0.15) is 17.2 Å². The first-order chi connectivity index (χ1) is 15.7. The van der Waals surface area contributed by atoms with Gasteiger partial charge in [-0.3, -0.25) is 0 Å². The van der Waals surface area contributed by atoms with Crippen LogP contribution in [-0.2, 0) is 0 Å². The van der Waals surface area contributed by atoms with Gasteiger partial charge in [0.15, 0.2) is 5.72 Å². The topological polar surface area (TPSA) is 37.0 Å². The first kappa shape index (κ1) is 19.4. The monoisotopic (exact) mass is 425 g/mol. The van der Waals surface area contributed by atoms with Gasteiger partial charge < -0.3 is 19.8 Å². The summed E-state index contributed by atoms with van der Waals surface area (Å²) in [6.45, 7) is 2.04. The van der Waals surface area contributed by atoms with Crippen molar-refractivity contribution in [2.75, 3.05) is 20.1 Å². The van der Waals surface area contributed by atoms with Gasteiger partial charge in [-0.2, -0.15) is 5.01 Å². The quantitative estimate of drug-likeness (QED) is 0.625. The molecule has 3 aliphatic heterocycles. The normalized spacial score (nSPS) is 21.8. The molecule has 6 rings (SSSR count). The fourth-order valence-electron chi connectivity index (χ4n) is 4.92. The summed E-state index contributed by atoms with van der Waals surface area (Å²) in [4.78, 5) is 2.37. The zero-order valence-corrected chi connectivity index (χ0v) is 18.2. The molecular weight excluding hydrogens is 398 g/mol. The van der Waals surface area contributed by atoms with E-state index in [1.165, 1.54) is 5.56 Å². The Balaban J connectivity index is 1.29. The van der Waals surface area contributed by atoms with Gasteiger partial charge in [0.2, 0.25) is 0 Å². The van der Waals surface area contributed by atoms with Crippen LogP contribution in [-0.4, -0.2) is 35.8 Å². The fourth-order valence-corrected chi connectivity index (χ4v) is 4.92. The average Bonchev–Trinajstić information content (AvgIpc) is 3.29. The molecule has 3 heterocycles. The number of likely N-dealkylation sites (tertiary alicyclic amines) is 1. The van der Waals surface area contributed by atoms with Gasteiger partial charge in [0.25, 0.3) is 0 Å². The third-order valence-electron chi connectivity index (χ3n) is 6.73. The number of hydrogen-bond acceptors (Lipinski definition) is 5. The van der Waals surface area contributed by atoms with Crippen molar-refractivity contribution < 1.29 is 9.47 Å². The number of hydrogen-bond donors (Lipinski definition) is 1. The van der Waals surface area contributed by atoms with E-state index in [0.717, 1.165) is 54.4 Å². The number of piperidine rings is 1. The van der Waals surface area contributed by atoms with E-state index in [4.69, 9.17) is 9.47 Å². The van der Waals surface area contributed by atoms with Crippen LogP contribution >= 0.6 is 0 Å². The lowest BCUT2D eigenvalue weighted by Crippen LogP contribution is -2.63. The van der Waals surface area contributed by atoms with Gasteiger partial charge in [-0.1, -0.05) is 36.4 Å². The molecule has 1 atom stereocenters. The maximum Gasteiger partial charge on any atom is 0.182 e. The third-order valence-corrected chi connectivity index (χ3v) is 6.73. The summed E-state index contributed by atoms with van der Waals surface area (Å²) in [6, 6.07) is 26.7. The van der Waals surface area contributed by atoms with Gasteiger partial charge in [0, 0.05) is 31.5 Å². The minimum atomic E-state index is -0.333. The zero-order valence-electron chi connectivity index (χ0n) is 18.2. The van der Waals surface area contributed by atoms with Crippen molar-refractivity contribution in [2.45, 2.75) is 24.6 Å². The second-order valence-corrected chi connectivity index (χ2v) is 8.84. The Kier molecular flexibility index (Phi) is 4.67. The van der Waals surface area contributed by atoms with Crippen molar-refractivity contribution in [2.24, 2.45) is 0 Å². The molecule has 5 nitrogen and oxygen atoms in total. The van der Waals surface area contributed by atoms with Crippen LogP contribution in [0.3, 0.4) is 0 Å². The van der Waals surface area contributed by atoms with E-state index in [2.05, 4.69) is 64.9 Å². The minimum Gasteiger partial charge on any atom is -0.470 e. The number of ether oxygens (including phenoxy) is 2. The lowest BCUT2D eigenvalue weighted by molar-refractivity contribution is -0.157. The van der Waals surface area contributed by atoms with Gasteiger partial charge in [-0.15, -0.1) is 0 Å². The van der Waals surface area contributed by atoms with Crippen molar-refractivity contribution in [3.63, 3.8) is 0 Å². The largest absolute Gasteiger partial charge is 0.470 e. The van der Waals surface area contributed by atoms with Crippen molar-refractivity contribution in [1.82, 2.24) is 15.3 Å². The summed E-state index contributed by atoms with van der Waals surface area (Å²) in [6.07, 6.45) is 4.26. The number of benzene rings is 3. The summed E-state index contributed by atoms with van der Waals surface area (Å²) in [5, 5.41) is 2.34. The van der Waals surface area contributed by atoms with E-state index < -0.39 is 0 Å². The molecule has 3 aliphatic rings. The summed E-state index contributed by atoms with van der Waals surface area (Å²) in [5.74, 6) is 2.68. The van der Waals surface area contributed by atoms with Gasteiger partial charge >= 0.3 is 0 Å². The Morgan fingerprint density at radius 3 is 2.34 bits per heavy atom. The number of fused-ring (bicyclic) bond motifs is 4. The van der Waals surface area contributed by atoms with Crippen LogP contribution < -0.4 is 14.9 Å². The van der Waals surface area contributed by atoms with Gasteiger partial charge in [-0.05, 0) is 61.2 Å². The lowest BCUT2D eigenvalue weighted by Gasteiger charge is -2.51. The molecule has 5 heteroatoms. The highest BCUT2D eigenvalue weighted by Crippen LogP contribution is 2.48. The Morgan fingerprint density at radius 2 is 1.56 bits per heavy atom. The van der Waals surface area contributed by atoms with Crippen molar-refractivity contribution in [3.8, 4) is 17.2 Å². The Hall–Kier alpha value is -3.28. The molecule has 3 aromatic rings. The predicted octanol–water partition coefficient (Wildman–Crippen LogP) is 5.20. The van der Waals surface area contributed by atoms with Crippen LogP contribution in [0.2, 0.25) is 0 Å². The summed E-state index contributed by atoms with van der Waals surface area (Å²) >= 11 is 0. The smallest absolute Gasteiger partial charge is 0.182 e. The minimum absolute atomic E-state index is 0.151. The van der Waals surface area contributed by atoms with E-state index in [1.807, 2.05) is 42.5 Å². The molecule has 0 amide bonds. The Labute approximate surface area is 188 Å². The van der Waals surface area contributed by atoms with E-state index in [9.17, 15) is 0 Å². The van der Waals surface area contributed by atoms with Crippen LogP contribution in [0.4, 0.5) is 0 Å². The number of para-hydroxylation sites is 2. The molecule has 0 aliphatic carbocycles. The average molecular weight is 426 g/mol. The maximum atomic E-state index is 6.68. The Morgan fingerprint density at radius 1 is 0.875 bits per heavy atom. The van der Waals surface area contributed by atoms with Crippen LogP contribution in [0.1, 0.15) is 30.0 Å². The van der Waals surface area contributed by atoms with Gasteiger partial charge in [-0.25, -0.2) is 0 Å². The standard InChI is InChI=1S/C27H27N3O2/c1-29-17-15-27(16-18-29)30-25(23-9-5-6-10-26(23)32-27)19-24(28-30)20-11-13-22(14-12-20)31-21-7-3-2-4-8-21/h2-14,19,25,28H,15-18H2,1H3/t25-/m0/s1. The van der Waals surface area contributed by atoms with Crippen molar-refractivity contribution in [3.05, 3.63) is 96.1 Å². The first-order valence-electron chi connectivity index (χ1n) is 11.3. The molecule has 0 saturated carbocycles. The number of hydrazine groups is 1. The van der Waals surface area contributed by atoms with E-state index in [1.54, 1.807) is 0 Å². The number of nitrogens with zero attached hydrogens (tertiary/aromatic N) is 2. The van der Waals surface area contributed by atoms with Crippen LogP contribution in [0.15, 0.2) is 84.9 Å². The van der Waals surface area contributed by atoms with E-state index >= 15 is 0 Å². The molecule has 0 radical (unpaired) electrons. The molecule has 0 unspecified atom stereocenters. The molecule has 1 saturated heterocycles. The molecule has 0 bridgehead atoms. The molecule has 0 aromatic heterocycles. The zero-order chi connectivity index (χ0) is 21.5. The lowest BCUT2D eigenvalue weighted by atomic mass is 9.93. The van der Waals surface area contributed by atoms with Crippen LogP contribution in [0.25, 0.3) is 5.70 Å². The highest BCUT2D eigenvalue weighted by molar-refractivity contribution is 5.68. The van der Waals surface area contributed by atoms with Crippen molar-refractivity contribution in [1.29, 1.82) is 0 Å². The molecular formula is C27H27N3O2. The van der Waals surface area contributed by atoms with E-state index in [-0.39, 0.29) is 11.8 Å². The molecule has 1 spiro atoms. The number of rotatable bonds is 3. The Bertz CT molecular complexity index is 1140. The highest BCUT2D eigenvalue weighted by atomic mass is 16.5. The first-order valence-corrected chi connectivity index (χ1v) is 11.3. The fraction of sp³-hybridized carbons (Fsp3) is 0.259. The third kappa shape index (κ3) is 3.34. The number of nitrogens with one attached hydrogen (secondary N) is 1. The van der Waals surface area contributed by atoms with Crippen molar-refractivity contribution >= 4 is 5.70 Å². The highest BCUT2D eigenvalue weighted by Gasteiger charge is 2.51. The van der Waals surface area contributed by atoms with Crippen LogP contribution in [0.5, 0.6) is 17.2 Å². The van der Waals surface area contributed by atoms with Gasteiger partial charge in [0.05, 0.1) is 11.7 Å². The molecule has 1 fully saturated rings. The summed E-state index contributed by atoms with van der Waals surface area (Å²) in [5.41, 5.74) is 6.83. The summed E-state index contributed by atoms with van der Waals surface area (Å²) in [7, 11) is 2.18. The summed E-state index contributed by atoms with van der Waals surface area (Å²) < 4.78 is 12.6. The second kappa shape index (κ2) is 7.69. The van der Waals surface area contributed by atoms with E-state index in [0.29, 0.717) is 0 Å². The van der Waals surface area contributed by atoms with Crippen LogP contribution in [0, 0.1) is 0 Å².